The lowest BCUT2D eigenvalue weighted by Crippen LogP contribution is -2.69. The number of esters is 1. The quantitative estimate of drug-likeness (QED) is 0.259. The summed E-state index contributed by atoms with van der Waals surface area (Å²) in [5, 5.41) is 3.77. The number of hydroxylamine groups is 2. The van der Waals surface area contributed by atoms with Gasteiger partial charge in [0, 0.05) is 18.3 Å². The maximum Gasteiger partial charge on any atom is 0.320 e. The molecule has 8 heteroatoms. The average Bonchev–Trinajstić information content (AvgIpc) is 3.32. The minimum absolute atomic E-state index is 0.0489. The van der Waals surface area contributed by atoms with Crippen molar-refractivity contribution in [2.75, 3.05) is 32.8 Å². The number of hydrogen-bond acceptors (Lipinski definition) is 7. The number of ether oxygens (including phenoxy) is 3. The van der Waals surface area contributed by atoms with Crippen molar-refractivity contribution in [3.8, 4) is 11.5 Å². The van der Waals surface area contributed by atoms with Crippen LogP contribution < -0.4 is 14.4 Å². The SMILES string of the molecule is COC(=O)[C@@]12COc3ccc4ccccc4c3[C@@H]1N(C)O[C@H]2[C@H]1[C@H](c2ccccc2)C(=O)N1c1ccc(OC)cc1. The van der Waals surface area contributed by atoms with E-state index in [-0.39, 0.29) is 12.5 Å². The van der Waals surface area contributed by atoms with Crippen molar-refractivity contribution in [1.29, 1.82) is 0 Å². The Kier molecular flexibility index (Phi) is 5.99. The molecule has 0 aromatic heterocycles. The topological polar surface area (TPSA) is 77.5 Å². The van der Waals surface area contributed by atoms with Crippen LogP contribution in [0.4, 0.5) is 5.69 Å². The van der Waals surface area contributed by atoms with Gasteiger partial charge in [0.1, 0.15) is 24.2 Å². The van der Waals surface area contributed by atoms with Crippen LogP contribution in [-0.4, -0.2) is 57.0 Å². The Morgan fingerprint density at radius 1 is 0.927 bits per heavy atom. The number of rotatable bonds is 5. The Bertz CT molecular complexity index is 1640. The molecule has 7 rings (SSSR count). The van der Waals surface area contributed by atoms with Crippen molar-refractivity contribution >= 4 is 28.3 Å². The van der Waals surface area contributed by atoms with Crippen LogP contribution in [0.1, 0.15) is 23.1 Å². The molecule has 0 N–H and O–H groups in total. The van der Waals surface area contributed by atoms with E-state index in [4.69, 9.17) is 19.0 Å². The van der Waals surface area contributed by atoms with Crippen LogP contribution >= 0.6 is 0 Å². The summed E-state index contributed by atoms with van der Waals surface area (Å²) in [6.45, 7) is 0.0489. The Morgan fingerprint density at radius 3 is 2.39 bits per heavy atom. The predicted octanol–water partition coefficient (Wildman–Crippen LogP) is 4.89. The standard InChI is InChI=1S/C33H30N2O6/c1-34-29-27-24-12-8-7-9-20(24)13-18-25(27)40-19-33(29,32(37)39-3)30(41-34)28-26(21-10-5-4-6-11-21)31(36)35(28)22-14-16-23(38-2)17-15-22/h4-18,26,28-30H,19H2,1-3H3/t26-,28+,29-,30-,33-/m0/s1. The zero-order valence-corrected chi connectivity index (χ0v) is 23.0. The van der Waals surface area contributed by atoms with Crippen LogP contribution in [0, 0.1) is 5.41 Å². The first-order chi connectivity index (χ1) is 20.0. The first-order valence-electron chi connectivity index (χ1n) is 13.6. The molecular weight excluding hydrogens is 520 g/mol. The van der Waals surface area contributed by atoms with Crippen LogP contribution in [0.15, 0.2) is 91.0 Å². The highest BCUT2D eigenvalue weighted by Crippen LogP contribution is 2.59. The lowest BCUT2D eigenvalue weighted by atomic mass is 9.64. The van der Waals surface area contributed by atoms with Crippen molar-refractivity contribution in [3.05, 3.63) is 102 Å². The molecule has 3 aliphatic heterocycles. The second-order valence-electron chi connectivity index (χ2n) is 10.8. The zero-order chi connectivity index (χ0) is 28.3. The van der Waals surface area contributed by atoms with E-state index in [1.807, 2.05) is 98.0 Å². The van der Waals surface area contributed by atoms with E-state index in [1.54, 1.807) is 17.1 Å². The minimum Gasteiger partial charge on any atom is -0.497 e. The van der Waals surface area contributed by atoms with Gasteiger partial charge in [0.15, 0.2) is 5.41 Å². The summed E-state index contributed by atoms with van der Waals surface area (Å²) in [5.41, 5.74) is 1.20. The molecule has 1 amide bonds. The number of hydrogen-bond donors (Lipinski definition) is 0. The Labute approximate surface area is 237 Å². The molecule has 0 aliphatic carbocycles. The van der Waals surface area contributed by atoms with Crippen molar-refractivity contribution in [2.45, 2.75) is 24.1 Å². The van der Waals surface area contributed by atoms with E-state index in [9.17, 15) is 9.59 Å². The number of benzene rings is 4. The number of β-lactam (4-membered cyclic amide) rings is 1. The molecule has 0 unspecified atom stereocenters. The van der Waals surface area contributed by atoms with Gasteiger partial charge in [0.2, 0.25) is 5.91 Å². The molecule has 4 aromatic rings. The normalized spacial score (nSPS) is 27.0. The van der Waals surface area contributed by atoms with Crippen molar-refractivity contribution in [3.63, 3.8) is 0 Å². The maximum atomic E-state index is 14.0. The Morgan fingerprint density at radius 2 is 1.66 bits per heavy atom. The van der Waals surface area contributed by atoms with E-state index in [2.05, 4.69) is 0 Å². The van der Waals surface area contributed by atoms with Gasteiger partial charge in [-0.3, -0.25) is 14.4 Å². The first-order valence-corrected chi connectivity index (χ1v) is 13.6. The van der Waals surface area contributed by atoms with E-state index < -0.39 is 35.5 Å². The fourth-order valence-electron chi connectivity index (χ4n) is 7.00. The third kappa shape index (κ3) is 3.60. The fraction of sp³-hybridized carbons (Fsp3) is 0.273. The lowest BCUT2D eigenvalue weighted by Gasteiger charge is -2.52. The highest BCUT2D eigenvalue weighted by atomic mass is 16.7. The minimum atomic E-state index is -1.25. The summed E-state index contributed by atoms with van der Waals surface area (Å²) in [6.07, 6.45) is -0.762. The molecular formula is C33H30N2O6. The lowest BCUT2D eigenvalue weighted by molar-refractivity contribution is -0.172. The van der Waals surface area contributed by atoms with Crippen LogP contribution in [-0.2, 0) is 19.2 Å². The first kappa shape index (κ1) is 25.6. The highest BCUT2D eigenvalue weighted by Gasteiger charge is 2.71. The van der Waals surface area contributed by atoms with E-state index in [0.29, 0.717) is 17.2 Å². The third-order valence-electron chi connectivity index (χ3n) is 8.84. The van der Waals surface area contributed by atoms with Crippen molar-refractivity contribution < 1.29 is 28.6 Å². The summed E-state index contributed by atoms with van der Waals surface area (Å²) in [6, 6.07) is 28.0. The Balaban J connectivity index is 1.41. The van der Waals surface area contributed by atoms with Gasteiger partial charge in [-0.05, 0) is 46.7 Å². The summed E-state index contributed by atoms with van der Waals surface area (Å²) in [5.74, 6) is 0.372. The van der Waals surface area contributed by atoms with Gasteiger partial charge in [-0.25, -0.2) is 0 Å². The zero-order valence-electron chi connectivity index (χ0n) is 23.0. The van der Waals surface area contributed by atoms with Crippen molar-refractivity contribution in [2.24, 2.45) is 5.41 Å². The van der Waals surface area contributed by atoms with Crippen LogP contribution in [0.5, 0.6) is 11.5 Å². The molecule has 208 valence electrons. The fourth-order valence-corrected chi connectivity index (χ4v) is 7.00. The molecule has 0 saturated carbocycles. The second kappa shape index (κ2) is 9.61. The molecule has 5 atom stereocenters. The highest BCUT2D eigenvalue weighted by molar-refractivity contribution is 6.07. The monoisotopic (exact) mass is 550 g/mol. The van der Waals surface area contributed by atoms with E-state index in [1.165, 1.54) is 7.11 Å². The van der Waals surface area contributed by atoms with Gasteiger partial charge < -0.3 is 19.1 Å². The van der Waals surface area contributed by atoms with Gasteiger partial charge in [-0.15, -0.1) is 0 Å². The average molecular weight is 551 g/mol. The number of nitrogens with zero attached hydrogens (tertiary/aromatic N) is 2. The Hall–Kier alpha value is -4.40. The molecule has 3 heterocycles. The molecule has 0 radical (unpaired) electrons. The molecule has 0 bridgehead atoms. The molecule has 0 spiro atoms. The van der Waals surface area contributed by atoms with E-state index in [0.717, 1.165) is 21.9 Å². The van der Waals surface area contributed by atoms with Gasteiger partial charge in [0.25, 0.3) is 0 Å². The molecule has 2 fully saturated rings. The summed E-state index contributed by atoms with van der Waals surface area (Å²) >= 11 is 0. The predicted molar refractivity (Wildman–Crippen MR) is 153 cm³/mol. The number of carbonyl (C=O) groups excluding carboxylic acids is 2. The summed E-state index contributed by atoms with van der Waals surface area (Å²) in [4.78, 5) is 36.4. The molecule has 41 heavy (non-hydrogen) atoms. The molecule has 8 nitrogen and oxygen atoms in total. The molecule has 3 aliphatic rings. The number of methoxy groups -OCH3 is 2. The van der Waals surface area contributed by atoms with Crippen LogP contribution in [0.25, 0.3) is 10.8 Å². The summed E-state index contributed by atoms with van der Waals surface area (Å²) in [7, 11) is 4.84. The number of carbonyl (C=O) groups is 2. The van der Waals surface area contributed by atoms with Crippen molar-refractivity contribution in [1.82, 2.24) is 5.06 Å². The molecule has 4 aromatic carbocycles. The second-order valence-corrected chi connectivity index (χ2v) is 10.8. The van der Waals surface area contributed by atoms with Gasteiger partial charge >= 0.3 is 5.97 Å². The van der Waals surface area contributed by atoms with Gasteiger partial charge in [-0.2, -0.15) is 5.06 Å². The van der Waals surface area contributed by atoms with Crippen LogP contribution in [0.3, 0.4) is 0 Å². The third-order valence-corrected chi connectivity index (χ3v) is 8.84. The van der Waals surface area contributed by atoms with Gasteiger partial charge in [0.05, 0.1) is 32.2 Å². The van der Waals surface area contributed by atoms with E-state index >= 15 is 0 Å². The largest absolute Gasteiger partial charge is 0.497 e. The number of fused-ring (bicyclic) bond motifs is 5. The summed E-state index contributed by atoms with van der Waals surface area (Å²) < 4.78 is 17.2. The molecule has 2 saturated heterocycles. The number of anilines is 1. The van der Waals surface area contributed by atoms with Gasteiger partial charge in [-0.1, -0.05) is 60.7 Å². The van der Waals surface area contributed by atoms with Crippen LogP contribution in [0.2, 0.25) is 0 Å². The smallest absolute Gasteiger partial charge is 0.320 e. The number of amides is 1. The maximum absolute atomic E-state index is 14.0.